The van der Waals surface area contributed by atoms with Gasteiger partial charge in [-0.3, -0.25) is 4.68 Å². The second-order valence-electron chi connectivity index (χ2n) is 1.79. The first kappa shape index (κ1) is 6.77. The predicted octanol–water partition coefficient (Wildman–Crippen LogP) is 0.641. The van der Waals surface area contributed by atoms with E-state index in [9.17, 15) is 0 Å². The lowest BCUT2D eigenvalue weighted by Crippen LogP contribution is -1.98. The number of halogens is 1. The van der Waals surface area contributed by atoms with Crippen LogP contribution in [-0.2, 0) is 13.6 Å². The zero-order valence-corrected chi connectivity index (χ0v) is 6.72. The van der Waals surface area contributed by atoms with Crippen LogP contribution in [0.25, 0.3) is 0 Å². The third-order valence-corrected chi connectivity index (χ3v) is 1.82. The van der Waals surface area contributed by atoms with Gasteiger partial charge in [0.15, 0.2) is 0 Å². The quantitative estimate of drug-likeness (QED) is 0.706. The summed E-state index contributed by atoms with van der Waals surface area (Å²) in [5, 5.41) is 4.07. The minimum absolute atomic E-state index is 0.499. The van der Waals surface area contributed by atoms with Crippen molar-refractivity contribution in [2.45, 2.75) is 6.54 Å². The van der Waals surface area contributed by atoms with Gasteiger partial charge in [-0.15, -0.1) is 0 Å². The van der Waals surface area contributed by atoms with Crippen LogP contribution in [-0.4, -0.2) is 9.78 Å². The summed E-state index contributed by atoms with van der Waals surface area (Å²) >= 11 is 3.30. The van der Waals surface area contributed by atoms with Crippen molar-refractivity contribution in [3.05, 3.63) is 16.4 Å². The summed E-state index contributed by atoms with van der Waals surface area (Å²) < 4.78 is 2.70. The number of rotatable bonds is 1. The lowest BCUT2D eigenvalue weighted by atomic mass is 10.4. The highest BCUT2D eigenvalue weighted by molar-refractivity contribution is 9.10. The van der Waals surface area contributed by atoms with Gasteiger partial charge in [-0.1, -0.05) is 0 Å². The Morgan fingerprint density at radius 2 is 2.56 bits per heavy atom. The van der Waals surface area contributed by atoms with Crippen LogP contribution in [0, 0.1) is 0 Å². The largest absolute Gasteiger partial charge is 0.325 e. The van der Waals surface area contributed by atoms with Crippen LogP contribution in [0.5, 0.6) is 0 Å². The molecule has 0 aliphatic rings. The molecular formula is C5H8BrN3. The van der Waals surface area contributed by atoms with E-state index in [-0.39, 0.29) is 0 Å². The third kappa shape index (κ3) is 1.31. The molecule has 0 atom stereocenters. The molecule has 0 unspecified atom stereocenters. The van der Waals surface area contributed by atoms with Crippen molar-refractivity contribution in [2.75, 3.05) is 0 Å². The van der Waals surface area contributed by atoms with Crippen LogP contribution in [0.15, 0.2) is 10.7 Å². The van der Waals surface area contributed by atoms with Crippen molar-refractivity contribution in [3.63, 3.8) is 0 Å². The average molecular weight is 190 g/mol. The van der Waals surface area contributed by atoms with Crippen LogP contribution in [0.1, 0.15) is 5.69 Å². The molecule has 9 heavy (non-hydrogen) atoms. The van der Waals surface area contributed by atoms with Gasteiger partial charge < -0.3 is 5.73 Å². The molecule has 1 rings (SSSR count). The first-order valence-electron chi connectivity index (χ1n) is 2.62. The molecule has 0 aromatic carbocycles. The zero-order valence-electron chi connectivity index (χ0n) is 5.13. The number of hydrogen-bond acceptors (Lipinski definition) is 2. The second-order valence-corrected chi connectivity index (χ2v) is 2.60. The molecule has 2 N–H and O–H groups in total. The molecule has 0 bridgehead atoms. The summed E-state index contributed by atoms with van der Waals surface area (Å²) in [6.07, 6.45) is 0. The minimum atomic E-state index is 0.499. The molecule has 0 fully saturated rings. The molecule has 0 spiro atoms. The van der Waals surface area contributed by atoms with Gasteiger partial charge in [0.2, 0.25) is 0 Å². The molecule has 0 saturated carbocycles. The lowest BCUT2D eigenvalue weighted by molar-refractivity contribution is 0.728. The fraction of sp³-hybridized carbons (Fsp3) is 0.400. The van der Waals surface area contributed by atoms with Gasteiger partial charge in [0.25, 0.3) is 0 Å². The first-order valence-corrected chi connectivity index (χ1v) is 3.42. The van der Waals surface area contributed by atoms with Crippen LogP contribution >= 0.6 is 15.9 Å². The fourth-order valence-corrected chi connectivity index (χ4v) is 0.943. The second kappa shape index (κ2) is 2.49. The van der Waals surface area contributed by atoms with E-state index in [4.69, 9.17) is 5.73 Å². The summed E-state index contributed by atoms with van der Waals surface area (Å²) in [7, 11) is 1.86. The molecule has 1 heterocycles. The first-order chi connectivity index (χ1) is 4.24. The normalized spacial score (nSPS) is 10.1. The van der Waals surface area contributed by atoms with E-state index in [0.29, 0.717) is 6.54 Å². The summed E-state index contributed by atoms with van der Waals surface area (Å²) in [6, 6.07) is 1.90. The maximum absolute atomic E-state index is 5.34. The molecule has 1 aromatic heterocycles. The molecule has 1 aromatic rings. The van der Waals surface area contributed by atoms with Crippen molar-refractivity contribution in [3.8, 4) is 0 Å². The molecule has 0 radical (unpaired) electrons. The average Bonchev–Trinajstić information content (AvgIpc) is 2.13. The van der Waals surface area contributed by atoms with Gasteiger partial charge in [-0.2, -0.15) is 5.10 Å². The molecular weight excluding hydrogens is 182 g/mol. The Kier molecular flexibility index (Phi) is 1.87. The van der Waals surface area contributed by atoms with Crippen molar-refractivity contribution in [1.29, 1.82) is 0 Å². The van der Waals surface area contributed by atoms with Gasteiger partial charge in [0.1, 0.15) is 4.60 Å². The summed E-state index contributed by atoms with van der Waals surface area (Å²) in [5.74, 6) is 0. The van der Waals surface area contributed by atoms with Gasteiger partial charge in [0.05, 0.1) is 5.69 Å². The lowest BCUT2D eigenvalue weighted by Gasteiger charge is -1.86. The van der Waals surface area contributed by atoms with Crippen LogP contribution < -0.4 is 5.73 Å². The van der Waals surface area contributed by atoms with E-state index in [0.717, 1.165) is 10.3 Å². The number of aryl methyl sites for hydroxylation is 1. The van der Waals surface area contributed by atoms with Gasteiger partial charge in [-0.25, -0.2) is 0 Å². The van der Waals surface area contributed by atoms with Gasteiger partial charge in [0, 0.05) is 13.6 Å². The molecule has 0 amide bonds. The Morgan fingerprint density at radius 1 is 1.89 bits per heavy atom. The highest BCUT2D eigenvalue weighted by Gasteiger charge is 1.97. The smallest absolute Gasteiger partial charge is 0.104 e. The van der Waals surface area contributed by atoms with Crippen LogP contribution in [0.3, 0.4) is 0 Å². The highest BCUT2D eigenvalue weighted by Crippen LogP contribution is 2.08. The van der Waals surface area contributed by atoms with E-state index in [1.165, 1.54) is 0 Å². The number of aromatic nitrogens is 2. The van der Waals surface area contributed by atoms with E-state index in [1.54, 1.807) is 4.68 Å². The molecule has 50 valence electrons. The standard InChI is InChI=1S/C5H8BrN3/c1-9-5(6)2-4(3-7)8-9/h2H,3,7H2,1H3. The number of nitrogens with two attached hydrogens (primary N) is 1. The van der Waals surface area contributed by atoms with Crippen molar-refractivity contribution in [1.82, 2.24) is 9.78 Å². The zero-order chi connectivity index (χ0) is 6.85. The fourth-order valence-electron chi connectivity index (χ4n) is 0.600. The van der Waals surface area contributed by atoms with Crippen LogP contribution in [0.2, 0.25) is 0 Å². The molecule has 4 heteroatoms. The highest BCUT2D eigenvalue weighted by atomic mass is 79.9. The molecule has 0 aliphatic carbocycles. The SMILES string of the molecule is Cn1nc(CN)cc1Br. The van der Waals surface area contributed by atoms with Gasteiger partial charge in [-0.05, 0) is 22.0 Å². The predicted molar refractivity (Wildman–Crippen MR) is 38.8 cm³/mol. The van der Waals surface area contributed by atoms with E-state index in [1.807, 2.05) is 13.1 Å². The van der Waals surface area contributed by atoms with E-state index in [2.05, 4.69) is 21.0 Å². The number of nitrogens with zero attached hydrogens (tertiary/aromatic N) is 2. The van der Waals surface area contributed by atoms with E-state index < -0.39 is 0 Å². The Labute approximate surface area is 62.0 Å². The van der Waals surface area contributed by atoms with Crippen LogP contribution in [0.4, 0.5) is 0 Å². The number of hydrogen-bond donors (Lipinski definition) is 1. The molecule has 0 saturated heterocycles. The Balaban J connectivity index is 2.98. The molecule has 0 aliphatic heterocycles. The maximum atomic E-state index is 5.34. The Morgan fingerprint density at radius 3 is 2.78 bits per heavy atom. The van der Waals surface area contributed by atoms with Crippen molar-refractivity contribution in [2.24, 2.45) is 12.8 Å². The summed E-state index contributed by atoms with van der Waals surface area (Å²) in [4.78, 5) is 0. The minimum Gasteiger partial charge on any atom is -0.325 e. The maximum Gasteiger partial charge on any atom is 0.104 e. The van der Waals surface area contributed by atoms with E-state index >= 15 is 0 Å². The third-order valence-electron chi connectivity index (χ3n) is 1.08. The topological polar surface area (TPSA) is 43.8 Å². The summed E-state index contributed by atoms with van der Waals surface area (Å²) in [6.45, 7) is 0.499. The monoisotopic (exact) mass is 189 g/mol. The van der Waals surface area contributed by atoms with Crippen molar-refractivity contribution < 1.29 is 0 Å². The summed E-state index contributed by atoms with van der Waals surface area (Å²) in [5.41, 5.74) is 6.24. The Hall–Kier alpha value is -0.350. The van der Waals surface area contributed by atoms with Crippen molar-refractivity contribution >= 4 is 15.9 Å². The Bertz CT molecular complexity index is 186. The molecule has 3 nitrogen and oxygen atoms in total. The van der Waals surface area contributed by atoms with Gasteiger partial charge >= 0.3 is 0 Å².